The Hall–Kier alpha value is -1.19. The smallest absolute Gasteiger partial charge is 0.128 e. The first-order chi connectivity index (χ1) is 9.47. The molecule has 2 aromatic rings. The van der Waals surface area contributed by atoms with E-state index in [1.807, 2.05) is 12.1 Å². The zero-order valence-electron chi connectivity index (χ0n) is 11.7. The molecule has 1 nitrogen and oxygen atoms in total. The largest absolute Gasteiger partial charge is 0.320 e. The van der Waals surface area contributed by atoms with Crippen molar-refractivity contribution in [1.82, 2.24) is 0 Å². The molecule has 0 aromatic heterocycles. The number of benzene rings is 2. The normalized spacial score (nSPS) is 12.7. The van der Waals surface area contributed by atoms with Gasteiger partial charge in [-0.25, -0.2) is 4.39 Å². The van der Waals surface area contributed by atoms with E-state index in [2.05, 4.69) is 41.9 Å². The highest BCUT2D eigenvalue weighted by Gasteiger charge is 2.14. The molecular formula is C17H19BrFN. The van der Waals surface area contributed by atoms with E-state index >= 15 is 0 Å². The molecule has 0 fully saturated rings. The Kier molecular flexibility index (Phi) is 4.95. The van der Waals surface area contributed by atoms with Crippen molar-refractivity contribution >= 4 is 15.9 Å². The highest BCUT2D eigenvalue weighted by atomic mass is 79.9. The SMILES string of the molecule is CC(C)Cc1cccc(C(N)c2cc(Br)ccc2F)c1. The summed E-state index contributed by atoms with van der Waals surface area (Å²) in [6, 6.07) is 12.5. The maximum absolute atomic E-state index is 13.9. The van der Waals surface area contributed by atoms with E-state index in [4.69, 9.17) is 5.73 Å². The van der Waals surface area contributed by atoms with Crippen molar-refractivity contribution in [3.05, 3.63) is 69.4 Å². The average molecular weight is 336 g/mol. The van der Waals surface area contributed by atoms with Crippen molar-refractivity contribution in [2.24, 2.45) is 11.7 Å². The summed E-state index contributed by atoms with van der Waals surface area (Å²) in [6.45, 7) is 4.36. The minimum absolute atomic E-state index is 0.269. The molecule has 20 heavy (non-hydrogen) atoms. The lowest BCUT2D eigenvalue weighted by atomic mass is 9.95. The maximum atomic E-state index is 13.9. The number of halogens is 2. The van der Waals surface area contributed by atoms with E-state index < -0.39 is 6.04 Å². The van der Waals surface area contributed by atoms with E-state index in [1.54, 1.807) is 12.1 Å². The first kappa shape index (κ1) is 15.2. The first-order valence-electron chi connectivity index (χ1n) is 6.76. The summed E-state index contributed by atoms with van der Waals surface area (Å²) in [4.78, 5) is 0. The van der Waals surface area contributed by atoms with Gasteiger partial charge in [-0.05, 0) is 41.7 Å². The molecule has 0 spiro atoms. The van der Waals surface area contributed by atoms with Crippen LogP contribution in [0.15, 0.2) is 46.9 Å². The second kappa shape index (κ2) is 6.51. The van der Waals surface area contributed by atoms with E-state index in [-0.39, 0.29) is 5.82 Å². The van der Waals surface area contributed by atoms with E-state index in [9.17, 15) is 4.39 Å². The van der Waals surface area contributed by atoms with Crippen LogP contribution in [0.3, 0.4) is 0 Å². The molecule has 2 rings (SSSR count). The van der Waals surface area contributed by atoms with Crippen LogP contribution in [0.4, 0.5) is 4.39 Å². The van der Waals surface area contributed by atoms with Crippen LogP contribution in [0, 0.1) is 11.7 Å². The predicted molar refractivity (Wildman–Crippen MR) is 85.1 cm³/mol. The van der Waals surface area contributed by atoms with Crippen molar-refractivity contribution in [2.75, 3.05) is 0 Å². The van der Waals surface area contributed by atoms with Crippen LogP contribution in [0.1, 0.15) is 36.6 Å². The van der Waals surface area contributed by atoms with E-state index in [0.717, 1.165) is 16.5 Å². The fourth-order valence-electron chi connectivity index (χ4n) is 2.32. The second-order valence-electron chi connectivity index (χ2n) is 5.49. The molecule has 0 aliphatic carbocycles. The zero-order valence-corrected chi connectivity index (χ0v) is 13.3. The van der Waals surface area contributed by atoms with Gasteiger partial charge in [0.05, 0.1) is 6.04 Å². The van der Waals surface area contributed by atoms with Crippen LogP contribution in [0.5, 0.6) is 0 Å². The average Bonchev–Trinajstić information content (AvgIpc) is 2.40. The van der Waals surface area contributed by atoms with Gasteiger partial charge in [0, 0.05) is 10.0 Å². The lowest BCUT2D eigenvalue weighted by Crippen LogP contribution is -2.14. The van der Waals surface area contributed by atoms with Crippen LogP contribution in [-0.2, 0) is 6.42 Å². The zero-order chi connectivity index (χ0) is 14.7. The lowest BCUT2D eigenvalue weighted by molar-refractivity contribution is 0.598. The molecule has 0 bridgehead atoms. The van der Waals surface area contributed by atoms with Crippen LogP contribution < -0.4 is 5.73 Å². The van der Waals surface area contributed by atoms with Gasteiger partial charge in [-0.3, -0.25) is 0 Å². The Balaban J connectivity index is 2.33. The summed E-state index contributed by atoms with van der Waals surface area (Å²) in [7, 11) is 0. The van der Waals surface area contributed by atoms with Gasteiger partial charge in [0.2, 0.25) is 0 Å². The summed E-state index contributed by atoms with van der Waals surface area (Å²) in [5.41, 5.74) is 8.92. The molecule has 3 heteroatoms. The van der Waals surface area contributed by atoms with Crippen molar-refractivity contribution in [1.29, 1.82) is 0 Å². The quantitative estimate of drug-likeness (QED) is 0.850. The van der Waals surface area contributed by atoms with Crippen LogP contribution in [0.25, 0.3) is 0 Å². The molecule has 0 saturated heterocycles. The second-order valence-corrected chi connectivity index (χ2v) is 6.40. The first-order valence-corrected chi connectivity index (χ1v) is 7.56. The van der Waals surface area contributed by atoms with Gasteiger partial charge >= 0.3 is 0 Å². The number of hydrogen-bond donors (Lipinski definition) is 1. The maximum Gasteiger partial charge on any atom is 0.128 e. The van der Waals surface area contributed by atoms with Crippen molar-refractivity contribution in [2.45, 2.75) is 26.3 Å². The van der Waals surface area contributed by atoms with Gasteiger partial charge in [0.15, 0.2) is 0 Å². The monoisotopic (exact) mass is 335 g/mol. The summed E-state index contributed by atoms with van der Waals surface area (Å²) in [6.07, 6.45) is 1.00. The molecule has 1 atom stereocenters. The Labute approximate surface area is 128 Å². The Morgan fingerprint density at radius 3 is 2.60 bits per heavy atom. The summed E-state index contributed by atoms with van der Waals surface area (Å²) in [5.74, 6) is 0.319. The molecular weight excluding hydrogens is 317 g/mol. The summed E-state index contributed by atoms with van der Waals surface area (Å²) in [5, 5.41) is 0. The Bertz CT molecular complexity index is 595. The third-order valence-electron chi connectivity index (χ3n) is 3.25. The van der Waals surface area contributed by atoms with E-state index in [0.29, 0.717) is 11.5 Å². The fourth-order valence-corrected chi connectivity index (χ4v) is 2.70. The molecule has 0 heterocycles. The number of hydrogen-bond acceptors (Lipinski definition) is 1. The van der Waals surface area contributed by atoms with Gasteiger partial charge < -0.3 is 5.73 Å². The summed E-state index contributed by atoms with van der Waals surface area (Å²) >= 11 is 3.36. The standard InChI is InChI=1S/C17H19BrFN/c1-11(2)8-12-4-3-5-13(9-12)17(20)15-10-14(18)6-7-16(15)19/h3-7,9-11,17H,8,20H2,1-2H3. The third-order valence-corrected chi connectivity index (χ3v) is 3.74. The molecule has 0 saturated carbocycles. The molecule has 0 aliphatic heterocycles. The van der Waals surface area contributed by atoms with Crippen molar-refractivity contribution in [3.63, 3.8) is 0 Å². The van der Waals surface area contributed by atoms with Crippen LogP contribution in [0.2, 0.25) is 0 Å². The van der Waals surface area contributed by atoms with E-state index in [1.165, 1.54) is 11.6 Å². The van der Waals surface area contributed by atoms with Crippen molar-refractivity contribution < 1.29 is 4.39 Å². The number of nitrogens with two attached hydrogens (primary N) is 1. The molecule has 2 aromatic carbocycles. The highest BCUT2D eigenvalue weighted by Crippen LogP contribution is 2.26. The topological polar surface area (TPSA) is 26.0 Å². The van der Waals surface area contributed by atoms with Gasteiger partial charge in [-0.2, -0.15) is 0 Å². The highest BCUT2D eigenvalue weighted by molar-refractivity contribution is 9.10. The molecule has 106 valence electrons. The van der Waals surface area contributed by atoms with Gasteiger partial charge in [0.25, 0.3) is 0 Å². The molecule has 0 radical (unpaired) electrons. The van der Waals surface area contributed by atoms with Gasteiger partial charge in [0.1, 0.15) is 5.82 Å². The minimum Gasteiger partial charge on any atom is -0.320 e. The summed E-state index contributed by atoms with van der Waals surface area (Å²) < 4.78 is 14.8. The fraction of sp³-hybridized carbons (Fsp3) is 0.294. The van der Waals surface area contributed by atoms with Crippen molar-refractivity contribution in [3.8, 4) is 0 Å². The van der Waals surface area contributed by atoms with Gasteiger partial charge in [-0.15, -0.1) is 0 Å². The third kappa shape index (κ3) is 3.68. The minimum atomic E-state index is -0.445. The number of rotatable bonds is 4. The van der Waals surface area contributed by atoms with Crippen LogP contribution in [-0.4, -0.2) is 0 Å². The lowest BCUT2D eigenvalue weighted by Gasteiger charge is -2.15. The Morgan fingerprint density at radius 1 is 1.15 bits per heavy atom. The molecule has 2 N–H and O–H groups in total. The molecule has 1 unspecified atom stereocenters. The molecule has 0 aliphatic rings. The molecule has 0 amide bonds. The Morgan fingerprint density at radius 2 is 1.90 bits per heavy atom. The van der Waals surface area contributed by atoms with Gasteiger partial charge in [-0.1, -0.05) is 54.0 Å². The van der Waals surface area contributed by atoms with Crippen LogP contribution >= 0.6 is 15.9 Å². The predicted octanol–water partition coefficient (Wildman–Crippen LogP) is 4.83.